The highest BCUT2D eigenvalue weighted by Crippen LogP contribution is 2.23. The molecule has 2 heterocycles. The number of benzene rings is 1. The first-order chi connectivity index (χ1) is 12.4. The maximum atomic E-state index is 12.5. The molecule has 1 fully saturated rings. The van der Waals surface area contributed by atoms with Crippen molar-refractivity contribution in [2.45, 2.75) is 26.3 Å². The van der Waals surface area contributed by atoms with E-state index in [1.54, 1.807) is 11.8 Å². The SMILES string of the molecule is CC1CC(C(=O)O)CN(C(=O)NC(C)c2noc(-c3ccccc3)n2)C1. The van der Waals surface area contributed by atoms with Crippen LogP contribution in [0.2, 0.25) is 0 Å². The first kappa shape index (κ1) is 17.9. The van der Waals surface area contributed by atoms with Crippen LogP contribution in [0.3, 0.4) is 0 Å². The van der Waals surface area contributed by atoms with Crippen LogP contribution in [0.4, 0.5) is 4.79 Å². The van der Waals surface area contributed by atoms with Crippen LogP contribution >= 0.6 is 0 Å². The molecule has 1 aliphatic rings. The molecule has 1 saturated heterocycles. The second kappa shape index (κ2) is 7.55. The number of nitrogens with zero attached hydrogens (tertiary/aromatic N) is 3. The second-order valence-electron chi connectivity index (χ2n) is 6.78. The molecule has 0 aliphatic carbocycles. The lowest BCUT2D eigenvalue weighted by Gasteiger charge is -2.35. The molecule has 2 amide bonds. The van der Waals surface area contributed by atoms with Gasteiger partial charge in [-0.15, -0.1) is 0 Å². The standard InChI is InChI=1S/C18H22N4O4/c1-11-8-14(17(23)24)10-22(9-11)18(25)19-12(2)15-20-16(26-21-15)13-6-4-3-5-7-13/h3-7,11-12,14H,8-10H2,1-2H3,(H,19,25)(H,23,24). The molecule has 3 rings (SSSR count). The van der Waals surface area contributed by atoms with Gasteiger partial charge in [0, 0.05) is 18.7 Å². The van der Waals surface area contributed by atoms with E-state index in [2.05, 4.69) is 15.5 Å². The van der Waals surface area contributed by atoms with Crippen molar-refractivity contribution in [3.05, 3.63) is 36.2 Å². The molecule has 3 atom stereocenters. The van der Waals surface area contributed by atoms with Crippen molar-refractivity contribution in [2.75, 3.05) is 13.1 Å². The summed E-state index contributed by atoms with van der Waals surface area (Å²) in [4.78, 5) is 29.6. The zero-order valence-electron chi connectivity index (χ0n) is 14.8. The number of rotatable bonds is 4. The second-order valence-corrected chi connectivity index (χ2v) is 6.78. The molecule has 8 nitrogen and oxygen atoms in total. The van der Waals surface area contributed by atoms with E-state index in [0.29, 0.717) is 24.7 Å². The molecule has 138 valence electrons. The number of nitrogens with one attached hydrogen (secondary N) is 1. The van der Waals surface area contributed by atoms with E-state index in [0.717, 1.165) is 5.56 Å². The number of hydrogen-bond donors (Lipinski definition) is 2. The third-order valence-corrected chi connectivity index (χ3v) is 4.49. The summed E-state index contributed by atoms with van der Waals surface area (Å²) in [5.74, 6) is -0.500. The molecule has 0 saturated carbocycles. The van der Waals surface area contributed by atoms with Gasteiger partial charge >= 0.3 is 12.0 Å². The highest BCUT2D eigenvalue weighted by molar-refractivity contribution is 5.77. The number of piperidine rings is 1. The van der Waals surface area contributed by atoms with Crippen molar-refractivity contribution in [1.29, 1.82) is 0 Å². The number of aromatic nitrogens is 2. The van der Waals surface area contributed by atoms with E-state index in [9.17, 15) is 14.7 Å². The van der Waals surface area contributed by atoms with Crippen LogP contribution in [0.15, 0.2) is 34.9 Å². The largest absolute Gasteiger partial charge is 0.481 e. The van der Waals surface area contributed by atoms with Crippen molar-refractivity contribution in [3.8, 4) is 11.5 Å². The summed E-state index contributed by atoms with van der Waals surface area (Å²) in [6, 6.07) is 8.60. The Morgan fingerprint density at radius 3 is 2.73 bits per heavy atom. The minimum absolute atomic E-state index is 0.140. The smallest absolute Gasteiger partial charge is 0.318 e. The van der Waals surface area contributed by atoms with Crippen LogP contribution < -0.4 is 5.32 Å². The molecule has 0 spiro atoms. The highest BCUT2D eigenvalue weighted by atomic mass is 16.5. The summed E-state index contributed by atoms with van der Waals surface area (Å²) >= 11 is 0. The molecule has 26 heavy (non-hydrogen) atoms. The van der Waals surface area contributed by atoms with Gasteiger partial charge in [0.2, 0.25) is 0 Å². The maximum Gasteiger partial charge on any atom is 0.318 e. The predicted octanol–water partition coefficient (Wildman–Crippen LogP) is 2.55. The van der Waals surface area contributed by atoms with Crippen molar-refractivity contribution >= 4 is 12.0 Å². The van der Waals surface area contributed by atoms with Gasteiger partial charge in [-0.1, -0.05) is 30.3 Å². The Morgan fingerprint density at radius 2 is 2.04 bits per heavy atom. The molecule has 1 aromatic carbocycles. The van der Waals surface area contributed by atoms with Gasteiger partial charge in [0.05, 0.1) is 12.0 Å². The normalized spacial score (nSPS) is 21.2. The molecular weight excluding hydrogens is 336 g/mol. The van der Waals surface area contributed by atoms with Crippen LogP contribution in [0.5, 0.6) is 0 Å². The number of urea groups is 1. The Kier molecular flexibility index (Phi) is 5.20. The Morgan fingerprint density at radius 1 is 1.31 bits per heavy atom. The molecule has 0 bridgehead atoms. The van der Waals surface area contributed by atoms with Gasteiger partial charge in [-0.25, -0.2) is 4.79 Å². The lowest BCUT2D eigenvalue weighted by molar-refractivity contribution is -0.143. The van der Waals surface area contributed by atoms with Gasteiger partial charge in [0.15, 0.2) is 5.82 Å². The van der Waals surface area contributed by atoms with Gasteiger partial charge in [0.1, 0.15) is 0 Å². The van der Waals surface area contributed by atoms with Crippen molar-refractivity contribution in [2.24, 2.45) is 11.8 Å². The Labute approximate surface area is 151 Å². The summed E-state index contributed by atoms with van der Waals surface area (Å²) in [6.45, 7) is 4.45. The number of aliphatic carboxylic acids is 1. The van der Waals surface area contributed by atoms with Crippen molar-refractivity contribution in [1.82, 2.24) is 20.4 Å². The first-order valence-corrected chi connectivity index (χ1v) is 8.61. The molecule has 1 aromatic heterocycles. The highest BCUT2D eigenvalue weighted by Gasteiger charge is 2.32. The maximum absolute atomic E-state index is 12.5. The van der Waals surface area contributed by atoms with Crippen molar-refractivity contribution in [3.63, 3.8) is 0 Å². The minimum atomic E-state index is -0.868. The van der Waals surface area contributed by atoms with E-state index in [1.165, 1.54) is 0 Å². The van der Waals surface area contributed by atoms with Crippen LogP contribution in [-0.4, -0.2) is 45.2 Å². The number of carbonyl (C=O) groups excluding carboxylic acids is 1. The molecule has 2 N–H and O–H groups in total. The summed E-state index contributed by atoms with van der Waals surface area (Å²) in [7, 11) is 0. The summed E-state index contributed by atoms with van der Waals surface area (Å²) < 4.78 is 5.26. The Balaban J connectivity index is 1.64. The average molecular weight is 358 g/mol. The fraction of sp³-hybridized carbons (Fsp3) is 0.444. The number of carbonyl (C=O) groups is 2. The first-order valence-electron chi connectivity index (χ1n) is 8.61. The minimum Gasteiger partial charge on any atom is -0.481 e. The number of hydrogen-bond acceptors (Lipinski definition) is 5. The zero-order chi connectivity index (χ0) is 18.7. The predicted molar refractivity (Wildman–Crippen MR) is 93.2 cm³/mol. The van der Waals surface area contributed by atoms with E-state index >= 15 is 0 Å². The van der Waals surface area contributed by atoms with E-state index in [1.807, 2.05) is 37.3 Å². The topological polar surface area (TPSA) is 109 Å². The van der Waals surface area contributed by atoms with Crippen LogP contribution in [0, 0.1) is 11.8 Å². The average Bonchev–Trinajstić information content (AvgIpc) is 3.12. The van der Waals surface area contributed by atoms with E-state index in [4.69, 9.17) is 4.52 Å². The lowest BCUT2D eigenvalue weighted by Crippen LogP contribution is -2.50. The van der Waals surface area contributed by atoms with Crippen LogP contribution in [0.1, 0.15) is 32.1 Å². The number of carboxylic acid groups (broad SMARTS) is 1. The number of amides is 2. The fourth-order valence-electron chi connectivity index (χ4n) is 3.15. The van der Waals surface area contributed by atoms with Gasteiger partial charge in [-0.3, -0.25) is 4.79 Å². The van der Waals surface area contributed by atoms with Gasteiger partial charge in [-0.2, -0.15) is 4.98 Å². The monoisotopic (exact) mass is 358 g/mol. The fourth-order valence-corrected chi connectivity index (χ4v) is 3.15. The van der Waals surface area contributed by atoms with Crippen molar-refractivity contribution < 1.29 is 19.2 Å². The molecule has 8 heteroatoms. The van der Waals surface area contributed by atoms with Gasteiger partial charge in [0.25, 0.3) is 5.89 Å². The molecule has 2 aromatic rings. The molecular formula is C18H22N4O4. The molecule has 1 aliphatic heterocycles. The molecule has 3 unspecified atom stereocenters. The summed E-state index contributed by atoms with van der Waals surface area (Å²) in [5.41, 5.74) is 0.805. The Bertz CT molecular complexity index is 777. The number of carboxylic acids is 1. The Hall–Kier alpha value is -2.90. The van der Waals surface area contributed by atoms with Crippen LogP contribution in [0.25, 0.3) is 11.5 Å². The third kappa shape index (κ3) is 4.01. The molecule has 0 radical (unpaired) electrons. The number of likely N-dealkylation sites (tertiary alicyclic amines) is 1. The van der Waals surface area contributed by atoms with Gasteiger partial charge in [-0.05, 0) is 31.4 Å². The third-order valence-electron chi connectivity index (χ3n) is 4.49. The lowest BCUT2D eigenvalue weighted by atomic mass is 9.91. The quantitative estimate of drug-likeness (QED) is 0.869. The van der Waals surface area contributed by atoms with Gasteiger partial charge < -0.3 is 19.8 Å². The van der Waals surface area contributed by atoms with Crippen LogP contribution in [-0.2, 0) is 4.79 Å². The van der Waals surface area contributed by atoms with E-state index < -0.39 is 17.9 Å². The summed E-state index contributed by atoms with van der Waals surface area (Å²) in [6.07, 6.45) is 0.583. The van der Waals surface area contributed by atoms with E-state index in [-0.39, 0.29) is 18.5 Å². The zero-order valence-corrected chi connectivity index (χ0v) is 14.8. The summed E-state index contributed by atoms with van der Waals surface area (Å²) in [5, 5.41) is 16.0.